The molecule has 0 bridgehead atoms. The van der Waals surface area contributed by atoms with Crippen molar-refractivity contribution in [2.45, 2.75) is 38.6 Å². The third-order valence-corrected chi connectivity index (χ3v) is 4.91. The fraction of sp³-hybridized carbons (Fsp3) is 0.500. The lowest BCUT2D eigenvalue weighted by molar-refractivity contribution is 0.0954. The smallest absolute Gasteiger partial charge is 0.251 e. The van der Waals surface area contributed by atoms with E-state index >= 15 is 0 Å². The first-order valence-electron chi connectivity index (χ1n) is 9.29. The van der Waals surface area contributed by atoms with Gasteiger partial charge in [0, 0.05) is 44.0 Å². The van der Waals surface area contributed by atoms with Crippen molar-refractivity contribution >= 4 is 5.91 Å². The molecule has 1 aliphatic heterocycles. The van der Waals surface area contributed by atoms with E-state index in [4.69, 9.17) is 0 Å². The van der Waals surface area contributed by atoms with Gasteiger partial charge in [0.05, 0.1) is 0 Å². The molecule has 1 aromatic carbocycles. The summed E-state index contributed by atoms with van der Waals surface area (Å²) in [6, 6.07) is 10.0. The zero-order valence-corrected chi connectivity index (χ0v) is 15.1. The van der Waals surface area contributed by atoms with Crippen molar-refractivity contribution in [3.05, 3.63) is 53.3 Å². The van der Waals surface area contributed by atoms with Crippen LogP contribution in [0.25, 0.3) is 0 Å². The number of rotatable bonds is 6. The van der Waals surface area contributed by atoms with Gasteiger partial charge in [-0.15, -0.1) is 0 Å². The molecule has 0 radical (unpaired) electrons. The van der Waals surface area contributed by atoms with Crippen molar-refractivity contribution in [2.75, 3.05) is 19.6 Å². The van der Waals surface area contributed by atoms with Crippen LogP contribution >= 0.6 is 0 Å². The summed E-state index contributed by atoms with van der Waals surface area (Å²) in [7, 11) is 1.92. The first-order valence-corrected chi connectivity index (χ1v) is 9.29. The largest absolute Gasteiger partial charge is 0.352 e. The fourth-order valence-corrected chi connectivity index (χ4v) is 3.37. The molecule has 1 saturated heterocycles. The third-order valence-electron chi connectivity index (χ3n) is 4.91. The third kappa shape index (κ3) is 5.16. The molecule has 3 rings (SSSR count). The van der Waals surface area contributed by atoms with Crippen molar-refractivity contribution < 1.29 is 4.79 Å². The van der Waals surface area contributed by atoms with Crippen LogP contribution in [0.1, 0.15) is 47.3 Å². The summed E-state index contributed by atoms with van der Waals surface area (Å²) in [5, 5.41) is 7.12. The van der Waals surface area contributed by atoms with E-state index in [2.05, 4.69) is 27.4 Å². The Morgan fingerprint density at radius 1 is 1.08 bits per heavy atom. The molecule has 25 heavy (non-hydrogen) atoms. The zero-order valence-electron chi connectivity index (χ0n) is 15.1. The maximum absolute atomic E-state index is 12.3. The van der Waals surface area contributed by atoms with Crippen LogP contribution in [0.3, 0.4) is 0 Å². The van der Waals surface area contributed by atoms with Crippen molar-refractivity contribution in [3.8, 4) is 0 Å². The van der Waals surface area contributed by atoms with Gasteiger partial charge in [-0.25, -0.2) is 0 Å². The highest BCUT2D eigenvalue weighted by molar-refractivity contribution is 5.94. The normalized spacial score (nSPS) is 15.7. The highest BCUT2D eigenvalue weighted by atomic mass is 16.1. The molecule has 0 aliphatic carbocycles. The summed E-state index contributed by atoms with van der Waals surface area (Å²) in [5.74, 6) is -0.0107. The van der Waals surface area contributed by atoms with E-state index in [1.165, 1.54) is 44.3 Å². The summed E-state index contributed by atoms with van der Waals surface area (Å²) in [6.45, 7) is 3.99. The Morgan fingerprint density at radius 2 is 1.80 bits per heavy atom. The molecule has 5 heteroatoms. The minimum Gasteiger partial charge on any atom is -0.352 e. The van der Waals surface area contributed by atoms with Crippen molar-refractivity contribution in [1.29, 1.82) is 0 Å². The Balaban J connectivity index is 1.47. The van der Waals surface area contributed by atoms with Crippen LogP contribution in [-0.4, -0.2) is 40.2 Å². The standard InChI is InChI=1S/C20H28N4O/c1-23-19(11-13-22-23)10-12-21-20(25)18-8-6-17(7-9-18)16-24-14-4-2-3-5-15-24/h6-9,11,13H,2-5,10,12,14-16H2,1H3,(H,21,25). The molecule has 134 valence electrons. The predicted octanol–water partition coefficient (Wildman–Crippen LogP) is 2.77. The highest BCUT2D eigenvalue weighted by Crippen LogP contribution is 2.14. The number of nitrogens with zero attached hydrogens (tertiary/aromatic N) is 3. The number of aromatic nitrogens is 2. The Kier molecular flexibility index (Phi) is 6.23. The molecule has 0 spiro atoms. The lowest BCUT2D eigenvalue weighted by Gasteiger charge is -2.19. The molecule has 1 N–H and O–H groups in total. The number of carbonyl (C=O) groups is 1. The second kappa shape index (κ2) is 8.81. The number of aryl methyl sites for hydroxylation is 1. The van der Waals surface area contributed by atoms with E-state index in [-0.39, 0.29) is 5.91 Å². The maximum atomic E-state index is 12.3. The lowest BCUT2D eigenvalue weighted by atomic mass is 10.1. The SMILES string of the molecule is Cn1nccc1CCNC(=O)c1ccc(CN2CCCCCC2)cc1. The molecule has 0 atom stereocenters. The molecule has 1 fully saturated rings. The first-order chi connectivity index (χ1) is 12.2. The van der Waals surface area contributed by atoms with Gasteiger partial charge in [0.1, 0.15) is 0 Å². The van der Waals surface area contributed by atoms with Crippen molar-refractivity contribution in [1.82, 2.24) is 20.0 Å². The van der Waals surface area contributed by atoms with Gasteiger partial charge < -0.3 is 5.32 Å². The van der Waals surface area contributed by atoms with Crippen LogP contribution in [0.5, 0.6) is 0 Å². The second-order valence-corrected chi connectivity index (χ2v) is 6.84. The van der Waals surface area contributed by atoms with Gasteiger partial charge >= 0.3 is 0 Å². The van der Waals surface area contributed by atoms with Crippen LogP contribution in [-0.2, 0) is 20.0 Å². The summed E-state index contributed by atoms with van der Waals surface area (Å²) in [4.78, 5) is 14.8. The van der Waals surface area contributed by atoms with Crippen LogP contribution < -0.4 is 5.32 Å². The topological polar surface area (TPSA) is 50.2 Å². The summed E-state index contributed by atoms with van der Waals surface area (Å²) in [6.07, 6.45) is 7.88. The molecule has 0 unspecified atom stereocenters. The van der Waals surface area contributed by atoms with E-state index in [1.807, 2.05) is 29.9 Å². The number of benzene rings is 1. The number of amides is 1. The molecule has 0 saturated carbocycles. The minimum absolute atomic E-state index is 0.0107. The Labute approximate surface area is 150 Å². The summed E-state index contributed by atoms with van der Waals surface area (Å²) < 4.78 is 1.84. The maximum Gasteiger partial charge on any atom is 0.251 e. The van der Waals surface area contributed by atoms with Crippen molar-refractivity contribution in [2.24, 2.45) is 7.05 Å². The van der Waals surface area contributed by atoms with Crippen LogP contribution in [0, 0.1) is 0 Å². The Hall–Kier alpha value is -2.14. The fourth-order valence-electron chi connectivity index (χ4n) is 3.37. The van der Waals surface area contributed by atoms with Crippen LogP contribution in [0.2, 0.25) is 0 Å². The van der Waals surface area contributed by atoms with Crippen LogP contribution in [0.15, 0.2) is 36.5 Å². The van der Waals surface area contributed by atoms with Gasteiger partial charge in [0.15, 0.2) is 0 Å². The van der Waals surface area contributed by atoms with Gasteiger partial charge in [-0.05, 0) is 49.7 Å². The average Bonchev–Trinajstić information content (AvgIpc) is 2.86. The predicted molar refractivity (Wildman–Crippen MR) is 99.4 cm³/mol. The Morgan fingerprint density at radius 3 is 2.44 bits per heavy atom. The minimum atomic E-state index is -0.0107. The number of carbonyl (C=O) groups excluding carboxylic acids is 1. The number of likely N-dealkylation sites (tertiary alicyclic amines) is 1. The average molecular weight is 340 g/mol. The van der Waals surface area contributed by atoms with Gasteiger partial charge in [0.25, 0.3) is 5.91 Å². The van der Waals surface area contributed by atoms with E-state index in [9.17, 15) is 4.79 Å². The molecule has 2 heterocycles. The van der Waals surface area contributed by atoms with E-state index < -0.39 is 0 Å². The number of hydrogen-bond acceptors (Lipinski definition) is 3. The Bertz CT molecular complexity index is 669. The quantitative estimate of drug-likeness (QED) is 0.880. The van der Waals surface area contributed by atoms with Crippen LogP contribution in [0.4, 0.5) is 0 Å². The molecule has 1 aromatic heterocycles. The molecular formula is C20H28N4O. The highest BCUT2D eigenvalue weighted by Gasteiger charge is 2.10. The molecule has 2 aromatic rings. The van der Waals surface area contributed by atoms with E-state index in [0.717, 1.165) is 24.2 Å². The molecule has 5 nitrogen and oxygen atoms in total. The number of hydrogen-bond donors (Lipinski definition) is 1. The lowest BCUT2D eigenvalue weighted by Crippen LogP contribution is -2.26. The van der Waals surface area contributed by atoms with Crippen molar-refractivity contribution in [3.63, 3.8) is 0 Å². The second-order valence-electron chi connectivity index (χ2n) is 6.84. The first kappa shape index (κ1) is 17.7. The van der Waals surface area contributed by atoms with E-state index in [1.54, 1.807) is 6.20 Å². The van der Waals surface area contributed by atoms with E-state index in [0.29, 0.717) is 6.54 Å². The summed E-state index contributed by atoms with van der Waals surface area (Å²) >= 11 is 0. The summed E-state index contributed by atoms with van der Waals surface area (Å²) in [5.41, 5.74) is 3.13. The van der Waals surface area contributed by atoms with Gasteiger partial charge in [-0.1, -0.05) is 25.0 Å². The zero-order chi connectivity index (χ0) is 17.5. The molecule has 1 aliphatic rings. The monoisotopic (exact) mass is 340 g/mol. The van der Waals surface area contributed by atoms with Gasteiger partial charge in [-0.2, -0.15) is 5.10 Å². The number of nitrogens with one attached hydrogen (secondary N) is 1. The molecule has 1 amide bonds. The van der Waals surface area contributed by atoms with Gasteiger partial charge in [-0.3, -0.25) is 14.4 Å². The molecular weight excluding hydrogens is 312 g/mol. The van der Waals surface area contributed by atoms with Gasteiger partial charge in [0.2, 0.25) is 0 Å².